The fourth-order valence-electron chi connectivity index (χ4n) is 1.11. The summed E-state index contributed by atoms with van der Waals surface area (Å²) in [5, 5.41) is 8.74. The Bertz CT molecular complexity index is 311. The van der Waals surface area contributed by atoms with E-state index in [0.717, 1.165) is 0 Å². The molecule has 0 aliphatic heterocycles. The van der Waals surface area contributed by atoms with E-state index in [1.165, 1.54) is 4.90 Å². The van der Waals surface area contributed by atoms with Crippen LogP contribution in [0.2, 0.25) is 0 Å². The summed E-state index contributed by atoms with van der Waals surface area (Å²) in [5.74, 6) is 0.0828. The lowest BCUT2D eigenvalue weighted by molar-refractivity contribution is 0.0699. The van der Waals surface area contributed by atoms with Gasteiger partial charge in [0.1, 0.15) is 0 Å². The SMILES string of the molecule is CCN(CCO)C(=O)c1ccc(Br)o1. The molecule has 0 unspecified atom stereocenters. The average molecular weight is 262 g/mol. The smallest absolute Gasteiger partial charge is 0.289 e. The number of halogens is 1. The molecular formula is C9H12BrNO3. The van der Waals surface area contributed by atoms with Crippen LogP contribution in [0.5, 0.6) is 0 Å². The minimum Gasteiger partial charge on any atom is -0.444 e. The molecule has 0 aliphatic carbocycles. The molecule has 0 radical (unpaired) electrons. The predicted molar refractivity (Wildman–Crippen MR) is 55.1 cm³/mol. The molecule has 0 atom stereocenters. The number of nitrogens with zero attached hydrogens (tertiary/aromatic N) is 1. The van der Waals surface area contributed by atoms with Crippen molar-refractivity contribution in [1.29, 1.82) is 0 Å². The van der Waals surface area contributed by atoms with E-state index >= 15 is 0 Å². The van der Waals surface area contributed by atoms with Crippen molar-refractivity contribution in [3.05, 3.63) is 22.6 Å². The third kappa shape index (κ3) is 2.59. The number of carbonyl (C=O) groups is 1. The first-order valence-electron chi connectivity index (χ1n) is 4.34. The van der Waals surface area contributed by atoms with Gasteiger partial charge < -0.3 is 14.4 Å². The number of rotatable bonds is 4. The molecule has 1 heterocycles. The molecule has 0 saturated carbocycles. The number of hydrogen-bond donors (Lipinski definition) is 1. The van der Waals surface area contributed by atoms with Gasteiger partial charge in [0.2, 0.25) is 0 Å². The van der Waals surface area contributed by atoms with Gasteiger partial charge >= 0.3 is 0 Å². The molecule has 14 heavy (non-hydrogen) atoms. The van der Waals surface area contributed by atoms with Crippen molar-refractivity contribution in [2.45, 2.75) is 6.92 Å². The van der Waals surface area contributed by atoms with Crippen LogP contribution in [-0.4, -0.2) is 35.6 Å². The zero-order valence-corrected chi connectivity index (χ0v) is 9.45. The third-order valence-electron chi connectivity index (χ3n) is 1.82. The number of aliphatic hydroxyl groups excluding tert-OH is 1. The van der Waals surface area contributed by atoms with Gasteiger partial charge in [-0.05, 0) is 35.0 Å². The molecule has 0 saturated heterocycles. The zero-order chi connectivity index (χ0) is 10.6. The molecule has 4 nitrogen and oxygen atoms in total. The highest BCUT2D eigenvalue weighted by Gasteiger charge is 2.16. The molecule has 1 rings (SSSR count). The lowest BCUT2D eigenvalue weighted by atomic mass is 10.3. The molecule has 1 amide bonds. The fraction of sp³-hybridized carbons (Fsp3) is 0.444. The number of likely N-dealkylation sites (N-methyl/N-ethyl adjacent to an activating group) is 1. The van der Waals surface area contributed by atoms with Crippen molar-refractivity contribution < 1.29 is 14.3 Å². The van der Waals surface area contributed by atoms with Gasteiger partial charge in [0.25, 0.3) is 5.91 Å². The Labute approximate surface area is 90.6 Å². The van der Waals surface area contributed by atoms with Crippen molar-refractivity contribution in [3.63, 3.8) is 0 Å². The van der Waals surface area contributed by atoms with Gasteiger partial charge in [-0.1, -0.05) is 0 Å². The summed E-state index contributed by atoms with van der Waals surface area (Å²) in [6.45, 7) is 2.69. The van der Waals surface area contributed by atoms with Crippen molar-refractivity contribution in [2.75, 3.05) is 19.7 Å². The second-order valence-electron chi connectivity index (χ2n) is 2.71. The molecule has 0 bridgehead atoms. The van der Waals surface area contributed by atoms with Crippen molar-refractivity contribution in [3.8, 4) is 0 Å². The molecule has 5 heteroatoms. The second kappa shape index (κ2) is 5.17. The Balaban J connectivity index is 2.72. The first kappa shape index (κ1) is 11.3. The Morgan fingerprint density at radius 3 is 2.79 bits per heavy atom. The molecular weight excluding hydrogens is 250 g/mol. The first-order chi connectivity index (χ1) is 6.69. The third-order valence-corrected chi connectivity index (χ3v) is 2.25. The van der Waals surface area contributed by atoms with E-state index < -0.39 is 0 Å². The number of hydrogen-bond acceptors (Lipinski definition) is 3. The Kier molecular flexibility index (Phi) is 4.16. The first-order valence-corrected chi connectivity index (χ1v) is 5.13. The highest BCUT2D eigenvalue weighted by Crippen LogP contribution is 2.15. The zero-order valence-electron chi connectivity index (χ0n) is 7.86. The highest BCUT2D eigenvalue weighted by atomic mass is 79.9. The fourth-order valence-corrected chi connectivity index (χ4v) is 1.42. The van der Waals surface area contributed by atoms with E-state index in [1.807, 2.05) is 6.92 Å². The number of aliphatic hydroxyl groups is 1. The molecule has 1 aromatic rings. The topological polar surface area (TPSA) is 53.7 Å². The van der Waals surface area contributed by atoms with Crippen LogP contribution in [0.15, 0.2) is 21.2 Å². The standard InChI is InChI=1S/C9H12BrNO3/c1-2-11(5-6-12)9(13)7-3-4-8(10)14-7/h3-4,12H,2,5-6H2,1H3. The van der Waals surface area contributed by atoms with E-state index in [-0.39, 0.29) is 18.3 Å². The van der Waals surface area contributed by atoms with Gasteiger partial charge in [-0.2, -0.15) is 0 Å². The summed E-state index contributed by atoms with van der Waals surface area (Å²) in [7, 11) is 0. The second-order valence-corrected chi connectivity index (χ2v) is 3.49. The van der Waals surface area contributed by atoms with Crippen LogP contribution >= 0.6 is 15.9 Å². The van der Waals surface area contributed by atoms with Crippen molar-refractivity contribution in [1.82, 2.24) is 4.90 Å². The van der Waals surface area contributed by atoms with Crippen LogP contribution in [0.25, 0.3) is 0 Å². The van der Waals surface area contributed by atoms with Gasteiger partial charge in [-0.15, -0.1) is 0 Å². The Hall–Kier alpha value is -0.810. The van der Waals surface area contributed by atoms with Crippen LogP contribution in [0, 0.1) is 0 Å². The van der Waals surface area contributed by atoms with Gasteiger partial charge in [0, 0.05) is 13.1 Å². The quantitative estimate of drug-likeness (QED) is 0.894. The number of furan rings is 1. The summed E-state index contributed by atoms with van der Waals surface area (Å²) in [5.41, 5.74) is 0. The normalized spacial score (nSPS) is 10.2. The number of carbonyl (C=O) groups excluding carboxylic acids is 1. The summed E-state index contributed by atoms with van der Waals surface area (Å²) in [4.78, 5) is 13.2. The lowest BCUT2D eigenvalue weighted by Gasteiger charge is -2.17. The molecule has 0 aliphatic rings. The van der Waals surface area contributed by atoms with Gasteiger partial charge in [-0.25, -0.2) is 0 Å². The minimum absolute atomic E-state index is 0.0402. The van der Waals surface area contributed by atoms with Gasteiger partial charge in [-0.3, -0.25) is 4.79 Å². The van der Waals surface area contributed by atoms with E-state index in [9.17, 15) is 4.79 Å². The molecule has 0 aromatic carbocycles. The van der Waals surface area contributed by atoms with E-state index in [1.54, 1.807) is 12.1 Å². The maximum absolute atomic E-state index is 11.7. The summed E-state index contributed by atoms with van der Waals surface area (Å²) < 4.78 is 5.65. The summed E-state index contributed by atoms with van der Waals surface area (Å²) >= 11 is 3.12. The largest absolute Gasteiger partial charge is 0.444 e. The van der Waals surface area contributed by atoms with Crippen LogP contribution in [0.4, 0.5) is 0 Å². The van der Waals surface area contributed by atoms with Gasteiger partial charge in [0.15, 0.2) is 10.4 Å². The van der Waals surface area contributed by atoms with Crippen LogP contribution in [-0.2, 0) is 0 Å². The molecule has 0 spiro atoms. The van der Waals surface area contributed by atoms with Crippen molar-refractivity contribution in [2.24, 2.45) is 0 Å². The minimum atomic E-state index is -0.202. The Morgan fingerprint density at radius 2 is 2.36 bits per heavy atom. The predicted octanol–water partition coefficient (Wildman–Crippen LogP) is 1.50. The lowest BCUT2D eigenvalue weighted by Crippen LogP contribution is -2.33. The molecule has 0 fully saturated rings. The van der Waals surface area contributed by atoms with E-state index in [4.69, 9.17) is 9.52 Å². The van der Waals surface area contributed by atoms with Crippen molar-refractivity contribution >= 4 is 21.8 Å². The summed E-state index contributed by atoms with van der Waals surface area (Å²) in [6.07, 6.45) is 0. The summed E-state index contributed by atoms with van der Waals surface area (Å²) in [6, 6.07) is 3.27. The van der Waals surface area contributed by atoms with Crippen LogP contribution in [0.1, 0.15) is 17.5 Å². The Morgan fingerprint density at radius 1 is 1.64 bits per heavy atom. The van der Waals surface area contributed by atoms with Crippen LogP contribution < -0.4 is 0 Å². The maximum Gasteiger partial charge on any atom is 0.289 e. The molecule has 1 aromatic heterocycles. The highest BCUT2D eigenvalue weighted by molar-refractivity contribution is 9.10. The average Bonchev–Trinajstić information content (AvgIpc) is 2.60. The van der Waals surface area contributed by atoms with Crippen LogP contribution in [0.3, 0.4) is 0 Å². The van der Waals surface area contributed by atoms with E-state index in [0.29, 0.717) is 17.8 Å². The van der Waals surface area contributed by atoms with Gasteiger partial charge in [0.05, 0.1) is 6.61 Å². The number of amides is 1. The van der Waals surface area contributed by atoms with E-state index in [2.05, 4.69) is 15.9 Å². The molecule has 78 valence electrons. The maximum atomic E-state index is 11.7. The monoisotopic (exact) mass is 261 g/mol. The molecule has 1 N–H and O–H groups in total.